The number of hydrogen-bond acceptors (Lipinski definition) is 4. The van der Waals surface area contributed by atoms with Crippen molar-refractivity contribution < 1.29 is 23.5 Å². The van der Waals surface area contributed by atoms with Crippen molar-refractivity contribution in [3.63, 3.8) is 0 Å². The highest BCUT2D eigenvalue weighted by Crippen LogP contribution is 2.27. The highest BCUT2D eigenvalue weighted by Gasteiger charge is 2.11. The van der Waals surface area contributed by atoms with Crippen LogP contribution in [-0.2, 0) is 4.79 Å². The summed E-state index contributed by atoms with van der Waals surface area (Å²) in [5, 5.41) is 2.40. The predicted molar refractivity (Wildman–Crippen MR) is 86.6 cm³/mol. The average Bonchev–Trinajstić information content (AvgIpc) is 2.55. The van der Waals surface area contributed by atoms with Crippen LogP contribution in [0.3, 0.4) is 0 Å². The summed E-state index contributed by atoms with van der Waals surface area (Å²) in [6.45, 7) is -0.353. The van der Waals surface area contributed by atoms with Crippen LogP contribution in [0, 0.1) is 5.82 Å². The van der Waals surface area contributed by atoms with Crippen LogP contribution in [-0.4, -0.2) is 25.9 Å². The zero-order valence-corrected chi connectivity index (χ0v) is 13.7. The van der Waals surface area contributed by atoms with Gasteiger partial charge >= 0.3 is 0 Å². The third kappa shape index (κ3) is 4.53. The summed E-state index contributed by atoms with van der Waals surface area (Å²) in [6, 6.07) is 8.87. The molecule has 0 aliphatic carbocycles. The van der Waals surface area contributed by atoms with Crippen LogP contribution in [0.1, 0.15) is 10.4 Å². The molecule has 0 unspecified atom stereocenters. The second-order valence-corrected chi connectivity index (χ2v) is 5.40. The van der Waals surface area contributed by atoms with Gasteiger partial charge in [-0.3, -0.25) is 9.59 Å². The van der Waals surface area contributed by atoms with E-state index in [2.05, 4.69) is 21.2 Å². The second-order valence-electron chi connectivity index (χ2n) is 4.49. The van der Waals surface area contributed by atoms with Gasteiger partial charge in [0.05, 0.1) is 12.8 Å². The topological polar surface area (TPSA) is 64.6 Å². The monoisotopic (exact) mass is 381 g/mol. The van der Waals surface area contributed by atoms with Gasteiger partial charge in [0, 0.05) is 10.0 Å². The van der Waals surface area contributed by atoms with Gasteiger partial charge in [-0.05, 0) is 36.4 Å². The van der Waals surface area contributed by atoms with E-state index >= 15 is 0 Å². The van der Waals surface area contributed by atoms with Crippen LogP contribution in [0.25, 0.3) is 0 Å². The Hall–Kier alpha value is -2.41. The smallest absolute Gasteiger partial charge is 0.262 e. The van der Waals surface area contributed by atoms with Crippen LogP contribution >= 0.6 is 15.9 Å². The molecule has 0 fully saturated rings. The summed E-state index contributed by atoms with van der Waals surface area (Å²) >= 11 is 3.13. The molecule has 2 aromatic rings. The minimum Gasteiger partial charge on any atom is -0.493 e. The van der Waals surface area contributed by atoms with Gasteiger partial charge in [-0.25, -0.2) is 4.39 Å². The van der Waals surface area contributed by atoms with E-state index in [9.17, 15) is 14.0 Å². The van der Waals surface area contributed by atoms with Gasteiger partial charge in [0.25, 0.3) is 5.91 Å². The van der Waals surface area contributed by atoms with E-state index in [1.54, 1.807) is 18.2 Å². The molecule has 0 aromatic heterocycles. The lowest BCUT2D eigenvalue weighted by atomic mass is 10.2. The first-order valence-corrected chi connectivity index (χ1v) is 7.33. The Kier molecular flexibility index (Phi) is 5.70. The zero-order chi connectivity index (χ0) is 16.8. The minimum absolute atomic E-state index is 0.0513. The quantitative estimate of drug-likeness (QED) is 0.778. The number of methoxy groups -OCH3 is 1. The van der Waals surface area contributed by atoms with Crippen LogP contribution in [0.2, 0.25) is 0 Å². The van der Waals surface area contributed by atoms with Crippen molar-refractivity contribution in [2.45, 2.75) is 0 Å². The Labute approximate surface area is 140 Å². The van der Waals surface area contributed by atoms with Crippen molar-refractivity contribution in [1.82, 2.24) is 0 Å². The fourth-order valence-electron chi connectivity index (χ4n) is 1.80. The van der Waals surface area contributed by atoms with Gasteiger partial charge in [0.1, 0.15) is 12.1 Å². The third-order valence-electron chi connectivity index (χ3n) is 2.89. The molecule has 0 heterocycles. The van der Waals surface area contributed by atoms with Crippen molar-refractivity contribution in [1.29, 1.82) is 0 Å². The Morgan fingerprint density at radius 3 is 2.70 bits per heavy atom. The lowest BCUT2D eigenvalue weighted by Gasteiger charge is -2.11. The SMILES string of the molecule is COc1ccc(C=O)cc1OCC(=O)Nc1ccc(Br)cc1F. The molecule has 0 atom stereocenters. The fraction of sp³-hybridized carbons (Fsp3) is 0.125. The van der Waals surface area contributed by atoms with Crippen LogP contribution in [0.4, 0.5) is 10.1 Å². The maximum absolute atomic E-state index is 13.6. The summed E-state index contributed by atoms with van der Waals surface area (Å²) < 4.78 is 24.6. The number of aldehydes is 1. The van der Waals surface area contributed by atoms with Gasteiger partial charge in [-0.15, -0.1) is 0 Å². The average molecular weight is 382 g/mol. The first-order valence-electron chi connectivity index (χ1n) is 6.54. The molecule has 1 N–H and O–H groups in total. The van der Waals surface area contributed by atoms with E-state index in [4.69, 9.17) is 9.47 Å². The molecule has 5 nitrogen and oxygen atoms in total. The molecule has 1 amide bonds. The molecular weight excluding hydrogens is 369 g/mol. The number of halogens is 2. The molecule has 0 saturated carbocycles. The Bertz CT molecular complexity index is 736. The lowest BCUT2D eigenvalue weighted by Crippen LogP contribution is -2.21. The number of hydrogen-bond donors (Lipinski definition) is 1. The van der Waals surface area contributed by atoms with E-state index in [-0.39, 0.29) is 18.0 Å². The van der Waals surface area contributed by atoms with E-state index in [0.717, 1.165) is 0 Å². The van der Waals surface area contributed by atoms with E-state index in [0.29, 0.717) is 22.1 Å². The van der Waals surface area contributed by atoms with Crippen LogP contribution in [0.15, 0.2) is 40.9 Å². The number of carbonyl (C=O) groups is 2. The van der Waals surface area contributed by atoms with Gasteiger partial charge in [-0.1, -0.05) is 15.9 Å². The molecule has 7 heteroatoms. The highest BCUT2D eigenvalue weighted by atomic mass is 79.9. The maximum Gasteiger partial charge on any atom is 0.262 e. The van der Waals surface area contributed by atoms with Crippen molar-refractivity contribution >= 4 is 33.8 Å². The van der Waals surface area contributed by atoms with Crippen LogP contribution in [0.5, 0.6) is 11.5 Å². The van der Waals surface area contributed by atoms with Crippen molar-refractivity contribution in [3.05, 3.63) is 52.3 Å². The Morgan fingerprint density at radius 2 is 2.04 bits per heavy atom. The summed E-state index contributed by atoms with van der Waals surface area (Å²) in [7, 11) is 1.44. The molecule has 0 aliphatic heterocycles. The summed E-state index contributed by atoms with van der Waals surface area (Å²) in [4.78, 5) is 22.6. The molecule has 120 valence electrons. The number of rotatable bonds is 6. The maximum atomic E-state index is 13.6. The Morgan fingerprint density at radius 1 is 1.26 bits per heavy atom. The number of anilines is 1. The summed E-state index contributed by atoms with van der Waals surface area (Å²) in [6.07, 6.45) is 0.656. The first kappa shape index (κ1) is 17.0. The molecule has 23 heavy (non-hydrogen) atoms. The van der Waals surface area contributed by atoms with Crippen molar-refractivity contribution in [3.8, 4) is 11.5 Å². The molecule has 0 spiro atoms. The molecule has 0 bridgehead atoms. The first-order chi connectivity index (χ1) is 11.0. The summed E-state index contributed by atoms with van der Waals surface area (Å²) in [5.41, 5.74) is 0.440. The predicted octanol–water partition coefficient (Wildman–Crippen LogP) is 3.43. The number of amides is 1. The number of carbonyl (C=O) groups excluding carboxylic acids is 2. The molecule has 0 saturated heterocycles. The van der Waals surface area contributed by atoms with Crippen molar-refractivity contribution in [2.24, 2.45) is 0 Å². The molecular formula is C16H13BrFNO4. The molecule has 0 radical (unpaired) electrons. The minimum atomic E-state index is -0.562. The molecule has 0 aliphatic rings. The number of benzene rings is 2. The normalized spacial score (nSPS) is 10.0. The standard InChI is InChI=1S/C16H13BrFNO4/c1-22-14-5-2-10(8-20)6-15(14)23-9-16(21)19-13-4-3-11(17)7-12(13)18/h2-8H,9H2,1H3,(H,19,21). The van der Waals surface area contributed by atoms with Gasteiger partial charge < -0.3 is 14.8 Å². The largest absolute Gasteiger partial charge is 0.493 e. The van der Waals surface area contributed by atoms with Crippen molar-refractivity contribution in [2.75, 3.05) is 19.0 Å². The number of nitrogens with one attached hydrogen (secondary N) is 1. The zero-order valence-electron chi connectivity index (χ0n) is 12.1. The lowest BCUT2D eigenvalue weighted by molar-refractivity contribution is -0.118. The molecule has 2 aromatic carbocycles. The van der Waals surface area contributed by atoms with E-state index in [1.807, 2.05) is 0 Å². The van der Waals surface area contributed by atoms with Gasteiger partial charge in [0.15, 0.2) is 18.1 Å². The van der Waals surface area contributed by atoms with Gasteiger partial charge in [-0.2, -0.15) is 0 Å². The van der Waals surface area contributed by atoms with E-state index in [1.165, 1.54) is 25.3 Å². The third-order valence-corrected chi connectivity index (χ3v) is 3.38. The number of ether oxygens (including phenoxy) is 2. The highest BCUT2D eigenvalue weighted by molar-refractivity contribution is 9.10. The Balaban J connectivity index is 2.03. The molecule has 2 rings (SSSR count). The fourth-order valence-corrected chi connectivity index (χ4v) is 2.13. The van der Waals surface area contributed by atoms with Gasteiger partial charge in [0.2, 0.25) is 0 Å². The summed E-state index contributed by atoms with van der Waals surface area (Å²) in [5.74, 6) is -0.459. The second kappa shape index (κ2) is 7.73. The van der Waals surface area contributed by atoms with Crippen LogP contribution < -0.4 is 14.8 Å². The van der Waals surface area contributed by atoms with E-state index < -0.39 is 11.7 Å².